The molecule has 26 heavy (non-hydrogen) atoms. The number of nitrogens with one attached hydrogen (secondary N) is 1. The van der Waals surface area contributed by atoms with E-state index in [-0.39, 0.29) is 6.42 Å². The summed E-state index contributed by atoms with van der Waals surface area (Å²) in [5.74, 6) is 1.35. The highest BCUT2D eigenvalue weighted by Gasteiger charge is 2.23. The van der Waals surface area contributed by atoms with Crippen molar-refractivity contribution in [3.63, 3.8) is 0 Å². The number of carboxylic acids is 1. The Morgan fingerprint density at radius 1 is 1.19 bits per heavy atom. The Morgan fingerprint density at radius 3 is 2.58 bits per heavy atom. The van der Waals surface area contributed by atoms with Gasteiger partial charge in [-0.3, -0.25) is 4.79 Å². The normalized spacial score (nSPS) is 13.9. The molecule has 3 aromatic rings. The smallest absolute Gasteiger partial charge is 0.307 e. The van der Waals surface area contributed by atoms with E-state index in [0.29, 0.717) is 11.3 Å². The number of carboxylic acid groups (broad SMARTS) is 1. The number of halogens is 2. The molecule has 1 saturated carbocycles. The fourth-order valence-corrected chi connectivity index (χ4v) is 4.57. The van der Waals surface area contributed by atoms with Gasteiger partial charge in [0, 0.05) is 17.1 Å². The predicted octanol–water partition coefficient (Wildman–Crippen LogP) is 6.06. The zero-order valence-electron chi connectivity index (χ0n) is 13.9. The summed E-state index contributed by atoms with van der Waals surface area (Å²) in [6, 6.07) is 9.59. The molecule has 0 unspecified atom stereocenters. The highest BCUT2D eigenvalue weighted by Crippen LogP contribution is 2.40. The summed E-state index contributed by atoms with van der Waals surface area (Å²) in [7, 11) is 0. The van der Waals surface area contributed by atoms with Gasteiger partial charge in [-0.15, -0.1) is 0 Å². The average molecular weight is 479 g/mol. The van der Waals surface area contributed by atoms with Crippen LogP contribution in [-0.2, 0) is 17.6 Å². The Kier molecular flexibility index (Phi) is 4.80. The second kappa shape index (κ2) is 7.08. The van der Waals surface area contributed by atoms with Gasteiger partial charge in [-0.1, -0.05) is 0 Å². The highest BCUT2D eigenvalue weighted by molar-refractivity contribution is 9.11. The lowest BCUT2D eigenvalue weighted by Crippen LogP contribution is -2.00. The van der Waals surface area contributed by atoms with Crippen molar-refractivity contribution < 1.29 is 14.6 Å². The monoisotopic (exact) mass is 477 g/mol. The highest BCUT2D eigenvalue weighted by atomic mass is 79.9. The third-order valence-corrected chi connectivity index (χ3v) is 5.76. The first-order valence-corrected chi connectivity index (χ1v) is 10.1. The van der Waals surface area contributed by atoms with E-state index >= 15 is 0 Å². The first kappa shape index (κ1) is 17.6. The Labute approximate surface area is 167 Å². The van der Waals surface area contributed by atoms with E-state index in [0.717, 1.165) is 32.6 Å². The molecule has 6 heteroatoms. The van der Waals surface area contributed by atoms with Gasteiger partial charge in [-0.05, 0) is 98.5 Å². The van der Waals surface area contributed by atoms with Crippen LogP contribution >= 0.6 is 31.9 Å². The molecular formula is C20H17Br2NO3. The molecule has 1 aliphatic rings. The van der Waals surface area contributed by atoms with Gasteiger partial charge < -0.3 is 14.8 Å². The molecule has 0 saturated heterocycles. The summed E-state index contributed by atoms with van der Waals surface area (Å²) in [5.41, 5.74) is 3.15. The summed E-state index contributed by atoms with van der Waals surface area (Å²) in [6.45, 7) is 0. The van der Waals surface area contributed by atoms with E-state index in [1.165, 1.54) is 23.8 Å². The minimum Gasteiger partial charge on any atom is -0.481 e. The van der Waals surface area contributed by atoms with Gasteiger partial charge in [-0.2, -0.15) is 0 Å². The number of H-pyrrole nitrogens is 1. The number of aromatic nitrogens is 1. The van der Waals surface area contributed by atoms with E-state index in [1.54, 1.807) is 12.1 Å². The minimum absolute atomic E-state index is 0.0304. The van der Waals surface area contributed by atoms with Crippen LogP contribution in [0.5, 0.6) is 11.5 Å². The summed E-state index contributed by atoms with van der Waals surface area (Å²) in [4.78, 5) is 14.2. The third kappa shape index (κ3) is 3.81. The largest absolute Gasteiger partial charge is 0.481 e. The lowest BCUT2D eigenvalue weighted by Gasteiger charge is -2.12. The van der Waals surface area contributed by atoms with Crippen LogP contribution in [-0.4, -0.2) is 16.1 Å². The van der Waals surface area contributed by atoms with Crippen molar-refractivity contribution in [2.75, 3.05) is 0 Å². The van der Waals surface area contributed by atoms with Crippen molar-refractivity contribution >= 4 is 48.7 Å². The molecule has 0 aliphatic heterocycles. The molecule has 0 spiro atoms. The van der Waals surface area contributed by atoms with Crippen molar-refractivity contribution in [1.82, 2.24) is 4.98 Å². The number of aliphatic carboxylic acids is 1. The van der Waals surface area contributed by atoms with Crippen LogP contribution in [0.4, 0.5) is 0 Å². The number of fused-ring (bicyclic) bond motifs is 1. The van der Waals surface area contributed by atoms with E-state index in [4.69, 9.17) is 9.84 Å². The average Bonchev–Trinajstić information content (AvgIpc) is 3.30. The molecule has 0 radical (unpaired) electrons. The molecule has 2 aromatic carbocycles. The number of aromatic amines is 1. The number of hydrogen-bond donors (Lipinski definition) is 2. The Hall–Kier alpha value is -1.79. The second-order valence-corrected chi connectivity index (χ2v) is 8.44. The lowest BCUT2D eigenvalue weighted by atomic mass is 10.1. The van der Waals surface area contributed by atoms with Gasteiger partial charge in [-0.25, -0.2) is 0 Å². The van der Waals surface area contributed by atoms with E-state index in [2.05, 4.69) is 49.1 Å². The Morgan fingerprint density at radius 2 is 1.92 bits per heavy atom. The van der Waals surface area contributed by atoms with Crippen LogP contribution in [0.1, 0.15) is 24.0 Å². The molecule has 1 aromatic heterocycles. The van der Waals surface area contributed by atoms with Crippen molar-refractivity contribution in [2.24, 2.45) is 5.92 Å². The molecule has 4 rings (SSSR count). The van der Waals surface area contributed by atoms with E-state index < -0.39 is 5.97 Å². The van der Waals surface area contributed by atoms with Crippen molar-refractivity contribution in [3.05, 3.63) is 56.6 Å². The molecule has 0 amide bonds. The van der Waals surface area contributed by atoms with Crippen LogP contribution in [0.25, 0.3) is 10.9 Å². The fraction of sp³-hybridized carbons (Fsp3) is 0.250. The quantitative estimate of drug-likeness (QED) is 0.452. The zero-order chi connectivity index (χ0) is 18.3. The maximum atomic E-state index is 10.9. The number of benzene rings is 2. The lowest BCUT2D eigenvalue weighted by molar-refractivity contribution is -0.136. The molecule has 1 aliphatic carbocycles. The number of rotatable bonds is 6. The molecule has 1 heterocycles. The van der Waals surface area contributed by atoms with Gasteiger partial charge >= 0.3 is 5.97 Å². The summed E-state index contributed by atoms with van der Waals surface area (Å²) >= 11 is 6.98. The van der Waals surface area contributed by atoms with Gasteiger partial charge in [0.15, 0.2) is 5.75 Å². The van der Waals surface area contributed by atoms with Gasteiger partial charge in [0.25, 0.3) is 0 Å². The Balaban J connectivity index is 1.63. The van der Waals surface area contributed by atoms with Crippen LogP contribution in [0.3, 0.4) is 0 Å². The topological polar surface area (TPSA) is 62.3 Å². The van der Waals surface area contributed by atoms with E-state index in [9.17, 15) is 4.79 Å². The summed E-state index contributed by atoms with van der Waals surface area (Å²) < 4.78 is 7.53. The SMILES string of the molecule is O=C(O)Cc1cc(Br)c(Oc2ccc3[nH]cc(CC4CC4)c3c2)c(Br)c1. The van der Waals surface area contributed by atoms with Crippen molar-refractivity contribution in [3.8, 4) is 11.5 Å². The zero-order valence-corrected chi connectivity index (χ0v) is 17.1. The van der Waals surface area contributed by atoms with Gasteiger partial charge in [0.1, 0.15) is 5.75 Å². The minimum atomic E-state index is -0.862. The summed E-state index contributed by atoms with van der Waals surface area (Å²) in [5, 5.41) is 10.2. The molecule has 134 valence electrons. The van der Waals surface area contributed by atoms with Crippen molar-refractivity contribution in [1.29, 1.82) is 0 Å². The van der Waals surface area contributed by atoms with Gasteiger partial charge in [0.2, 0.25) is 0 Å². The maximum absolute atomic E-state index is 10.9. The number of hydrogen-bond acceptors (Lipinski definition) is 2. The molecule has 4 nitrogen and oxygen atoms in total. The Bertz CT molecular complexity index is 969. The first-order valence-electron chi connectivity index (χ1n) is 8.47. The third-order valence-electron chi connectivity index (χ3n) is 4.58. The van der Waals surface area contributed by atoms with E-state index in [1.807, 2.05) is 12.1 Å². The number of carbonyl (C=O) groups is 1. The fourth-order valence-electron chi connectivity index (χ4n) is 3.13. The standard InChI is InChI=1S/C20H17Br2NO3/c21-16-6-12(8-19(24)25)7-17(22)20(16)26-14-3-4-18-15(9-14)13(10-23-18)5-11-1-2-11/h3-4,6-7,9-11,23H,1-2,5,8H2,(H,24,25). The maximum Gasteiger partial charge on any atom is 0.307 e. The van der Waals surface area contributed by atoms with Gasteiger partial charge in [0.05, 0.1) is 15.4 Å². The first-order chi connectivity index (χ1) is 12.5. The molecule has 1 fully saturated rings. The van der Waals surface area contributed by atoms with Crippen molar-refractivity contribution in [2.45, 2.75) is 25.7 Å². The predicted molar refractivity (Wildman–Crippen MR) is 108 cm³/mol. The van der Waals surface area contributed by atoms with Crippen LogP contribution in [0, 0.1) is 5.92 Å². The van der Waals surface area contributed by atoms with Crippen LogP contribution in [0.2, 0.25) is 0 Å². The summed E-state index contributed by atoms with van der Waals surface area (Å²) in [6.07, 6.45) is 5.83. The molecule has 0 bridgehead atoms. The molecule has 2 N–H and O–H groups in total. The van der Waals surface area contributed by atoms with Crippen LogP contribution in [0.15, 0.2) is 45.5 Å². The molecule has 0 atom stereocenters. The second-order valence-electron chi connectivity index (χ2n) is 6.73. The molecular weight excluding hydrogens is 462 g/mol. The van der Waals surface area contributed by atoms with Crippen LogP contribution < -0.4 is 4.74 Å². The number of ether oxygens (including phenoxy) is 1.